The summed E-state index contributed by atoms with van der Waals surface area (Å²) in [6, 6.07) is 8.62. The van der Waals surface area contributed by atoms with Crippen LogP contribution in [0.3, 0.4) is 0 Å². The first-order valence-corrected chi connectivity index (χ1v) is 6.44. The first-order chi connectivity index (χ1) is 8.91. The highest BCUT2D eigenvalue weighted by atomic mass is 14.9. The Morgan fingerprint density at radius 2 is 2.05 bits per heavy atom. The molecule has 0 amide bonds. The van der Waals surface area contributed by atoms with Crippen molar-refractivity contribution < 1.29 is 0 Å². The number of H-pyrrole nitrogens is 1. The molecule has 0 fully saturated rings. The van der Waals surface area contributed by atoms with E-state index in [1.807, 2.05) is 0 Å². The molecule has 1 N–H and O–H groups in total. The van der Waals surface area contributed by atoms with Gasteiger partial charge in [0.2, 0.25) is 0 Å². The summed E-state index contributed by atoms with van der Waals surface area (Å²) in [5, 5.41) is 8.69. The average molecular weight is 253 g/mol. The molecule has 0 bridgehead atoms. The van der Waals surface area contributed by atoms with E-state index in [2.05, 4.69) is 61.9 Å². The zero-order chi connectivity index (χ0) is 14.0. The van der Waals surface area contributed by atoms with E-state index < -0.39 is 0 Å². The number of hydrogen-bond donors (Lipinski definition) is 1. The molecule has 0 aliphatic rings. The summed E-state index contributed by atoms with van der Waals surface area (Å²) in [5.74, 6) is 0.720. The van der Waals surface area contributed by atoms with Gasteiger partial charge in [-0.3, -0.25) is 0 Å². The van der Waals surface area contributed by atoms with E-state index in [0.717, 1.165) is 17.1 Å². The van der Waals surface area contributed by atoms with Gasteiger partial charge in [-0.2, -0.15) is 5.26 Å². The van der Waals surface area contributed by atoms with Gasteiger partial charge in [-0.15, -0.1) is 0 Å². The molecular formula is C16H19N3. The summed E-state index contributed by atoms with van der Waals surface area (Å²) in [4.78, 5) is 7.45. The predicted molar refractivity (Wildman–Crippen MR) is 76.8 cm³/mol. The van der Waals surface area contributed by atoms with Crippen LogP contribution in [-0.4, -0.2) is 9.97 Å². The molecule has 3 nitrogen and oxygen atoms in total. The maximum atomic E-state index is 8.69. The van der Waals surface area contributed by atoms with Crippen molar-refractivity contribution in [1.82, 2.24) is 9.97 Å². The fourth-order valence-electron chi connectivity index (χ4n) is 2.04. The standard InChI is InChI=1S/C16H19N3/c1-11-5-6-12(16(2,3)4)9-13(11)14-10-18-15(19-14)7-8-17/h5-6,9-10H,7H2,1-4H3,(H,18,19). The van der Waals surface area contributed by atoms with E-state index in [9.17, 15) is 0 Å². The van der Waals surface area contributed by atoms with Gasteiger partial charge < -0.3 is 4.98 Å². The van der Waals surface area contributed by atoms with Crippen LogP contribution in [0.4, 0.5) is 0 Å². The topological polar surface area (TPSA) is 52.5 Å². The molecule has 0 aliphatic heterocycles. The fourth-order valence-corrected chi connectivity index (χ4v) is 2.04. The van der Waals surface area contributed by atoms with Crippen LogP contribution in [0.1, 0.15) is 37.7 Å². The van der Waals surface area contributed by atoms with Crippen LogP contribution in [-0.2, 0) is 11.8 Å². The molecule has 1 heterocycles. The molecule has 0 atom stereocenters. The smallest absolute Gasteiger partial charge is 0.120 e. The Labute approximate surface area is 114 Å². The van der Waals surface area contributed by atoms with Gasteiger partial charge in [-0.1, -0.05) is 32.9 Å². The third-order valence-corrected chi connectivity index (χ3v) is 3.27. The maximum Gasteiger partial charge on any atom is 0.120 e. The molecule has 3 heteroatoms. The molecule has 0 spiro atoms. The van der Waals surface area contributed by atoms with E-state index in [0.29, 0.717) is 6.42 Å². The number of nitriles is 1. The summed E-state index contributed by atoms with van der Waals surface area (Å²) in [6.45, 7) is 8.70. The van der Waals surface area contributed by atoms with Crippen molar-refractivity contribution in [3.63, 3.8) is 0 Å². The number of aromatic nitrogens is 2. The number of aryl methyl sites for hydroxylation is 1. The Morgan fingerprint density at radius 3 is 2.68 bits per heavy atom. The van der Waals surface area contributed by atoms with Crippen LogP contribution in [0.2, 0.25) is 0 Å². The Bertz CT molecular complexity index is 624. The van der Waals surface area contributed by atoms with Crippen LogP contribution < -0.4 is 0 Å². The number of imidazole rings is 1. The highest BCUT2D eigenvalue weighted by Crippen LogP contribution is 2.29. The van der Waals surface area contributed by atoms with Gasteiger partial charge in [-0.05, 0) is 29.5 Å². The highest BCUT2D eigenvalue weighted by molar-refractivity contribution is 5.64. The number of nitrogens with one attached hydrogen (secondary N) is 1. The van der Waals surface area contributed by atoms with Crippen LogP contribution >= 0.6 is 0 Å². The SMILES string of the molecule is Cc1ccc(C(C)(C)C)cc1-c1cnc(CC#N)[nH]1. The summed E-state index contributed by atoms with van der Waals surface area (Å²) in [7, 11) is 0. The van der Waals surface area contributed by atoms with Crippen molar-refractivity contribution in [2.75, 3.05) is 0 Å². The monoisotopic (exact) mass is 253 g/mol. The second-order valence-corrected chi connectivity index (χ2v) is 5.86. The number of hydrogen-bond acceptors (Lipinski definition) is 2. The van der Waals surface area contributed by atoms with Gasteiger partial charge in [0, 0.05) is 5.56 Å². The molecule has 0 saturated heterocycles. The zero-order valence-corrected chi connectivity index (χ0v) is 11.9. The second-order valence-electron chi connectivity index (χ2n) is 5.86. The zero-order valence-electron chi connectivity index (χ0n) is 11.9. The van der Waals surface area contributed by atoms with Gasteiger partial charge in [-0.25, -0.2) is 4.98 Å². The molecule has 2 aromatic rings. The summed E-state index contributed by atoms with van der Waals surface area (Å²) in [6.07, 6.45) is 2.12. The van der Waals surface area contributed by atoms with Crippen molar-refractivity contribution in [3.8, 4) is 17.3 Å². The lowest BCUT2D eigenvalue weighted by Crippen LogP contribution is -2.11. The number of benzene rings is 1. The van der Waals surface area contributed by atoms with Gasteiger partial charge in [0.15, 0.2) is 0 Å². The lowest BCUT2D eigenvalue weighted by atomic mass is 9.85. The quantitative estimate of drug-likeness (QED) is 0.886. The summed E-state index contributed by atoms with van der Waals surface area (Å²) in [5.41, 5.74) is 4.76. The molecule has 2 rings (SSSR count). The van der Waals surface area contributed by atoms with E-state index >= 15 is 0 Å². The van der Waals surface area contributed by atoms with E-state index in [-0.39, 0.29) is 5.41 Å². The Kier molecular flexibility index (Phi) is 3.44. The van der Waals surface area contributed by atoms with Crippen molar-refractivity contribution in [3.05, 3.63) is 41.3 Å². The largest absolute Gasteiger partial charge is 0.341 e. The Morgan fingerprint density at radius 1 is 1.32 bits per heavy atom. The summed E-state index contributed by atoms with van der Waals surface area (Å²) >= 11 is 0. The lowest BCUT2D eigenvalue weighted by Gasteiger charge is -2.20. The van der Waals surface area contributed by atoms with Gasteiger partial charge in [0.25, 0.3) is 0 Å². The minimum absolute atomic E-state index is 0.123. The lowest BCUT2D eigenvalue weighted by molar-refractivity contribution is 0.590. The predicted octanol–water partition coefficient (Wildman–Crippen LogP) is 3.75. The number of rotatable bonds is 2. The fraction of sp³-hybridized carbons (Fsp3) is 0.375. The summed E-state index contributed by atoms with van der Waals surface area (Å²) < 4.78 is 0. The second kappa shape index (κ2) is 4.89. The average Bonchev–Trinajstić information content (AvgIpc) is 2.77. The third-order valence-electron chi connectivity index (χ3n) is 3.27. The van der Waals surface area contributed by atoms with Gasteiger partial charge in [0.1, 0.15) is 5.82 Å². The van der Waals surface area contributed by atoms with Crippen molar-refractivity contribution >= 4 is 0 Å². The van der Waals surface area contributed by atoms with Crippen molar-refractivity contribution in [2.45, 2.75) is 39.5 Å². The normalized spacial score (nSPS) is 11.3. The molecule has 0 unspecified atom stereocenters. The number of nitrogens with zero attached hydrogens (tertiary/aromatic N) is 2. The molecule has 98 valence electrons. The van der Waals surface area contributed by atoms with Gasteiger partial charge >= 0.3 is 0 Å². The molecule has 1 aromatic heterocycles. The minimum atomic E-state index is 0.123. The Balaban J connectivity index is 2.46. The van der Waals surface area contributed by atoms with Crippen LogP contribution in [0.25, 0.3) is 11.3 Å². The third kappa shape index (κ3) is 2.85. The molecular weight excluding hydrogens is 234 g/mol. The van der Waals surface area contributed by atoms with Gasteiger partial charge in [0.05, 0.1) is 24.4 Å². The minimum Gasteiger partial charge on any atom is -0.341 e. The molecule has 0 aliphatic carbocycles. The Hall–Kier alpha value is -2.08. The van der Waals surface area contributed by atoms with E-state index in [4.69, 9.17) is 5.26 Å². The van der Waals surface area contributed by atoms with E-state index in [1.54, 1.807) is 6.20 Å². The first-order valence-electron chi connectivity index (χ1n) is 6.44. The maximum absolute atomic E-state index is 8.69. The molecule has 19 heavy (non-hydrogen) atoms. The first kappa shape index (κ1) is 13.4. The number of aromatic amines is 1. The molecule has 0 radical (unpaired) electrons. The molecule has 0 saturated carbocycles. The van der Waals surface area contributed by atoms with Crippen LogP contribution in [0, 0.1) is 18.3 Å². The van der Waals surface area contributed by atoms with Crippen LogP contribution in [0.5, 0.6) is 0 Å². The van der Waals surface area contributed by atoms with E-state index in [1.165, 1.54) is 11.1 Å². The highest BCUT2D eigenvalue weighted by Gasteiger charge is 2.16. The van der Waals surface area contributed by atoms with Crippen LogP contribution in [0.15, 0.2) is 24.4 Å². The van der Waals surface area contributed by atoms with Crippen molar-refractivity contribution in [2.24, 2.45) is 0 Å². The molecule has 1 aromatic carbocycles. The van der Waals surface area contributed by atoms with Crippen molar-refractivity contribution in [1.29, 1.82) is 5.26 Å².